The highest BCUT2D eigenvalue weighted by molar-refractivity contribution is 7.09. The van der Waals surface area contributed by atoms with Crippen molar-refractivity contribution in [1.82, 2.24) is 4.98 Å². The number of rotatable bonds is 13. The van der Waals surface area contributed by atoms with Crippen LogP contribution >= 0.6 is 11.3 Å². The minimum Gasteiger partial charge on any atom is -0.249 e. The summed E-state index contributed by atoms with van der Waals surface area (Å²) in [4.78, 5) is 4.07. The van der Waals surface area contributed by atoms with Gasteiger partial charge in [0.05, 0.1) is 0 Å². The Bertz CT molecular complexity index is 719. The van der Waals surface area contributed by atoms with Gasteiger partial charge in [0, 0.05) is 23.1 Å². The first-order valence-electron chi connectivity index (χ1n) is 10.4. The quantitative estimate of drug-likeness (QED) is 0.134. The molecule has 2 aromatic rings. The van der Waals surface area contributed by atoms with Crippen LogP contribution in [0, 0.1) is 29.1 Å². The lowest BCUT2D eigenvalue weighted by atomic mass is 9.91. The van der Waals surface area contributed by atoms with Crippen LogP contribution in [0.3, 0.4) is 0 Å². The topological polar surface area (TPSA) is 12.9 Å². The van der Waals surface area contributed by atoms with Gasteiger partial charge in [-0.2, -0.15) is 0 Å². The molecule has 0 radical (unpaired) electrons. The van der Waals surface area contributed by atoms with Gasteiger partial charge < -0.3 is 0 Å². The van der Waals surface area contributed by atoms with Crippen molar-refractivity contribution < 1.29 is 22.0 Å². The molecule has 1 aromatic heterocycles. The van der Waals surface area contributed by atoms with Gasteiger partial charge in [-0.15, -0.1) is 11.3 Å². The Hall–Kier alpha value is -1.50. The van der Waals surface area contributed by atoms with Crippen LogP contribution in [0.5, 0.6) is 0 Å². The molecule has 0 saturated carbocycles. The third-order valence-corrected chi connectivity index (χ3v) is 6.08. The SMILES string of the molecule is CCCCCCCCCCCCC(c1nccs1)c1c(F)c(F)c(F)c(F)c1F. The summed E-state index contributed by atoms with van der Waals surface area (Å²) in [6.45, 7) is 2.19. The van der Waals surface area contributed by atoms with Gasteiger partial charge in [-0.1, -0.05) is 71.1 Å². The van der Waals surface area contributed by atoms with Crippen molar-refractivity contribution in [3.05, 3.63) is 51.2 Å². The van der Waals surface area contributed by atoms with Crippen molar-refractivity contribution in [1.29, 1.82) is 0 Å². The van der Waals surface area contributed by atoms with Crippen LogP contribution in [0.25, 0.3) is 0 Å². The van der Waals surface area contributed by atoms with Crippen LogP contribution in [0.2, 0.25) is 0 Å². The number of hydrogen-bond acceptors (Lipinski definition) is 2. The summed E-state index contributed by atoms with van der Waals surface area (Å²) in [7, 11) is 0. The molecule has 1 atom stereocenters. The molecule has 162 valence electrons. The van der Waals surface area contributed by atoms with E-state index in [1.807, 2.05) is 0 Å². The normalized spacial score (nSPS) is 12.5. The average Bonchev–Trinajstić information content (AvgIpc) is 3.25. The molecule has 1 heterocycles. The summed E-state index contributed by atoms with van der Waals surface area (Å²) in [6, 6.07) is 0. The molecular formula is C22H28F5NS. The molecule has 1 nitrogen and oxygen atoms in total. The molecule has 0 amide bonds. The van der Waals surface area contributed by atoms with Crippen molar-refractivity contribution in [2.45, 2.75) is 83.5 Å². The minimum absolute atomic E-state index is 0.294. The van der Waals surface area contributed by atoms with Gasteiger partial charge >= 0.3 is 0 Å². The second-order valence-electron chi connectivity index (χ2n) is 7.38. The van der Waals surface area contributed by atoms with E-state index in [2.05, 4.69) is 11.9 Å². The molecule has 29 heavy (non-hydrogen) atoms. The number of unbranched alkanes of at least 4 members (excludes halogenated alkanes) is 9. The second-order valence-corrected chi connectivity index (χ2v) is 8.30. The zero-order valence-electron chi connectivity index (χ0n) is 16.8. The summed E-state index contributed by atoms with van der Waals surface area (Å²) in [6.07, 6.45) is 12.7. The zero-order valence-corrected chi connectivity index (χ0v) is 17.6. The van der Waals surface area contributed by atoms with Gasteiger partial charge in [0.25, 0.3) is 0 Å². The van der Waals surface area contributed by atoms with Crippen LogP contribution < -0.4 is 0 Å². The van der Waals surface area contributed by atoms with Gasteiger partial charge in [0.15, 0.2) is 23.3 Å². The van der Waals surface area contributed by atoms with Crippen LogP contribution in [-0.4, -0.2) is 4.98 Å². The predicted molar refractivity (Wildman–Crippen MR) is 107 cm³/mol. The maximum Gasteiger partial charge on any atom is 0.200 e. The standard InChI is InChI=1S/C22H28F5NS/c1-2-3-4-5-6-7-8-9-10-11-12-15(22-28-13-14-29-22)16-17(23)19(25)21(27)20(26)18(16)24/h13-15H,2-12H2,1H3. The van der Waals surface area contributed by atoms with Crippen molar-refractivity contribution in [3.8, 4) is 0 Å². The molecule has 0 aliphatic carbocycles. The van der Waals surface area contributed by atoms with Crippen molar-refractivity contribution in [2.75, 3.05) is 0 Å². The summed E-state index contributed by atoms with van der Waals surface area (Å²) in [5.41, 5.74) is -0.771. The van der Waals surface area contributed by atoms with Gasteiger partial charge in [0.2, 0.25) is 5.82 Å². The summed E-state index contributed by atoms with van der Waals surface area (Å²) in [5.74, 6) is -10.4. The van der Waals surface area contributed by atoms with E-state index in [1.54, 1.807) is 5.38 Å². The maximum absolute atomic E-state index is 14.3. The van der Waals surface area contributed by atoms with Gasteiger partial charge in [-0.05, 0) is 6.42 Å². The molecule has 0 saturated heterocycles. The Balaban J connectivity index is 1.95. The number of nitrogens with zero attached hydrogens (tertiary/aromatic N) is 1. The van der Waals surface area contributed by atoms with Crippen LogP contribution in [0.4, 0.5) is 22.0 Å². The van der Waals surface area contributed by atoms with Gasteiger partial charge in [-0.3, -0.25) is 0 Å². The molecule has 0 aliphatic heterocycles. The zero-order chi connectivity index (χ0) is 21.2. The predicted octanol–water partition coefficient (Wildman–Crippen LogP) is 8.28. The molecule has 0 fully saturated rings. The van der Waals surface area contributed by atoms with E-state index in [0.29, 0.717) is 17.8 Å². The Labute approximate surface area is 173 Å². The Kier molecular flexibility index (Phi) is 10.0. The lowest BCUT2D eigenvalue weighted by molar-refractivity contribution is 0.364. The molecule has 0 aliphatic rings. The average molecular weight is 434 g/mol. The van der Waals surface area contributed by atoms with E-state index < -0.39 is 40.6 Å². The number of aromatic nitrogens is 1. The van der Waals surface area contributed by atoms with Gasteiger partial charge in [0.1, 0.15) is 5.01 Å². The Morgan fingerprint density at radius 3 is 1.69 bits per heavy atom. The number of halogens is 5. The minimum atomic E-state index is -2.12. The smallest absolute Gasteiger partial charge is 0.200 e. The Morgan fingerprint density at radius 1 is 0.724 bits per heavy atom. The van der Waals surface area contributed by atoms with E-state index >= 15 is 0 Å². The fourth-order valence-corrected chi connectivity index (χ4v) is 4.34. The van der Waals surface area contributed by atoms with Crippen molar-refractivity contribution in [2.24, 2.45) is 0 Å². The van der Waals surface area contributed by atoms with E-state index in [0.717, 1.165) is 37.0 Å². The Morgan fingerprint density at radius 2 is 1.21 bits per heavy atom. The third kappa shape index (κ3) is 6.49. The number of thiazole rings is 1. The largest absolute Gasteiger partial charge is 0.249 e. The van der Waals surface area contributed by atoms with Crippen LogP contribution in [-0.2, 0) is 0 Å². The summed E-state index contributed by atoms with van der Waals surface area (Å²) in [5, 5.41) is 2.00. The molecule has 0 spiro atoms. The first kappa shape index (κ1) is 23.8. The highest BCUT2D eigenvalue weighted by Crippen LogP contribution is 2.37. The van der Waals surface area contributed by atoms with Crippen molar-refractivity contribution >= 4 is 11.3 Å². The molecule has 0 N–H and O–H groups in total. The number of hydrogen-bond donors (Lipinski definition) is 0. The molecule has 7 heteroatoms. The van der Waals surface area contributed by atoms with E-state index in [-0.39, 0.29) is 0 Å². The molecule has 1 aromatic carbocycles. The maximum atomic E-state index is 14.3. The monoisotopic (exact) mass is 433 g/mol. The van der Waals surface area contributed by atoms with E-state index in [4.69, 9.17) is 0 Å². The van der Waals surface area contributed by atoms with E-state index in [9.17, 15) is 22.0 Å². The van der Waals surface area contributed by atoms with E-state index in [1.165, 1.54) is 38.3 Å². The van der Waals surface area contributed by atoms with Crippen molar-refractivity contribution in [3.63, 3.8) is 0 Å². The fourth-order valence-electron chi connectivity index (χ4n) is 3.56. The first-order chi connectivity index (χ1) is 14.0. The molecular weight excluding hydrogens is 405 g/mol. The fraction of sp³-hybridized carbons (Fsp3) is 0.591. The molecule has 2 rings (SSSR count). The van der Waals surface area contributed by atoms with Crippen LogP contribution in [0.15, 0.2) is 11.6 Å². The lowest BCUT2D eigenvalue weighted by Crippen LogP contribution is -2.13. The molecule has 1 unspecified atom stereocenters. The second kappa shape index (κ2) is 12.3. The highest BCUT2D eigenvalue weighted by Gasteiger charge is 2.32. The number of benzene rings is 1. The lowest BCUT2D eigenvalue weighted by Gasteiger charge is -2.18. The molecule has 0 bridgehead atoms. The van der Waals surface area contributed by atoms with Crippen LogP contribution in [0.1, 0.15) is 94.0 Å². The summed E-state index contributed by atoms with van der Waals surface area (Å²) >= 11 is 1.16. The van der Waals surface area contributed by atoms with Gasteiger partial charge in [-0.25, -0.2) is 26.9 Å². The highest BCUT2D eigenvalue weighted by atomic mass is 32.1. The summed E-state index contributed by atoms with van der Waals surface area (Å²) < 4.78 is 69.3. The third-order valence-electron chi connectivity index (χ3n) is 5.19. The first-order valence-corrected chi connectivity index (χ1v) is 11.3.